The lowest BCUT2D eigenvalue weighted by Gasteiger charge is -2.13. The quantitative estimate of drug-likeness (QED) is 0.406. The van der Waals surface area contributed by atoms with Gasteiger partial charge in [0.25, 0.3) is 0 Å². The van der Waals surface area contributed by atoms with E-state index in [-0.39, 0.29) is 12.5 Å². The van der Waals surface area contributed by atoms with Gasteiger partial charge in [0.05, 0.1) is 29.6 Å². The first-order valence-corrected chi connectivity index (χ1v) is 10.2. The predicted octanol–water partition coefficient (Wildman–Crippen LogP) is 5.69. The van der Waals surface area contributed by atoms with Crippen LogP contribution in [-0.4, -0.2) is 25.7 Å². The van der Waals surface area contributed by atoms with E-state index in [0.717, 1.165) is 17.7 Å². The number of carbonyl (C=O) groups is 1. The molecule has 4 rings (SSSR count). The van der Waals surface area contributed by atoms with E-state index in [2.05, 4.69) is 20.4 Å². The molecule has 2 aromatic heterocycles. The number of hydrogen-bond donors (Lipinski definition) is 1. The lowest BCUT2D eigenvalue weighted by Crippen LogP contribution is -2.10. The van der Waals surface area contributed by atoms with Gasteiger partial charge in [-0.2, -0.15) is 18.3 Å². The number of carbonyl (C=O) groups excluding carboxylic acids is 1. The van der Waals surface area contributed by atoms with E-state index < -0.39 is 11.7 Å². The summed E-state index contributed by atoms with van der Waals surface area (Å²) in [5.41, 5.74) is 2.49. The van der Waals surface area contributed by atoms with Gasteiger partial charge in [0.2, 0.25) is 5.91 Å². The van der Waals surface area contributed by atoms with Crippen molar-refractivity contribution in [2.24, 2.45) is 0 Å². The Balaban J connectivity index is 1.68. The summed E-state index contributed by atoms with van der Waals surface area (Å²) in [6.07, 6.45) is 0.293. The van der Waals surface area contributed by atoms with E-state index >= 15 is 0 Å². The molecule has 0 atom stereocenters. The standard InChI is InChI=1S/C23H17ClF3N5O/c1-14(33)31-22-20(16-4-8-19(24)9-5-16)21(28-13-29-22)17-10-30-32(12-17)11-15-2-6-18(7-3-15)23(25,26)27/h2-10,12-13H,11H2,1H3,(H,28,29,31,33). The van der Waals surface area contributed by atoms with Crippen molar-refractivity contribution in [3.8, 4) is 22.4 Å². The van der Waals surface area contributed by atoms with Crippen molar-refractivity contribution in [1.82, 2.24) is 19.7 Å². The molecule has 0 aliphatic carbocycles. The summed E-state index contributed by atoms with van der Waals surface area (Å²) in [6, 6.07) is 12.0. The number of nitrogens with zero attached hydrogens (tertiary/aromatic N) is 4. The van der Waals surface area contributed by atoms with Crippen molar-refractivity contribution in [2.75, 3.05) is 5.32 Å². The normalized spacial score (nSPS) is 11.4. The molecule has 10 heteroatoms. The van der Waals surface area contributed by atoms with Crippen molar-refractivity contribution >= 4 is 23.3 Å². The van der Waals surface area contributed by atoms with Crippen molar-refractivity contribution < 1.29 is 18.0 Å². The summed E-state index contributed by atoms with van der Waals surface area (Å²) in [6.45, 7) is 1.66. The highest BCUT2D eigenvalue weighted by Gasteiger charge is 2.29. The molecule has 0 saturated heterocycles. The second-order valence-corrected chi connectivity index (χ2v) is 7.69. The highest BCUT2D eigenvalue weighted by molar-refractivity contribution is 6.30. The highest BCUT2D eigenvalue weighted by atomic mass is 35.5. The van der Waals surface area contributed by atoms with Crippen LogP contribution < -0.4 is 5.32 Å². The number of amides is 1. The molecule has 4 aromatic rings. The van der Waals surface area contributed by atoms with Gasteiger partial charge >= 0.3 is 6.18 Å². The predicted molar refractivity (Wildman–Crippen MR) is 119 cm³/mol. The molecule has 0 saturated carbocycles. The maximum Gasteiger partial charge on any atom is 0.416 e. The van der Waals surface area contributed by atoms with Gasteiger partial charge in [-0.3, -0.25) is 9.48 Å². The van der Waals surface area contributed by atoms with Gasteiger partial charge in [-0.05, 0) is 35.4 Å². The summed E-state index contributed by atoms with van der Waals surface area (Å²) >= 11 is 6.02. The van der Waals surface area contributed by atoms with E-state index in [1.807, 2.05) is 0 Å². The lowest BCUT2D eigenvalue weighted by molar-refractivity contribution is -0.137. The first-order chi connectivity index (χ1) is 15.7. The first kappa shape index (κ1) is 22.5. The van der Waals surface area contributed by atoms with Gasteiger partial charge in [0.15, 0.2) is 0 Å². The summed E-state index contributed by atoms with van der Waals surface area (Å²) in [4.78, 5) is 20.3. The highest BCUT2D eigenvalue weighted by Crippen LogP contribution is 2.35. The zero-order valence-corrected chi connectivity index (χ0v) is 18.0. The van der Waals surface area contributed by atoms with E-state index in [4.69, 9.17) is 11.6 Å². The molecule has 0 aliphatic rings. The van der Waals surface area contributed by atoms with Crippen LogP contribution in [0.2, 0.25) is 5.02 Å². The van der Waals surface area contributed by atoms with Crippen LogP contribution in [0.4, 0.5) is 19.0 Å². The Morgan fingerprint density at radius 2 is 1.73 bits per heavy atom. The second kappa shape index (κ2) is 9.03. The van der Waals surface area contributed by atoms with Gasteiger partial charge in [0, 0.05) is 23.7 Å². The van der Waals surface area contributed by atoms with Crippen LogP contribution in [0.15, 0.2) is 67.3 Å². The molecular formula is C23H17ClF3N5O. The Kier molecular flexibility index (Phi) is 6.15. The van der Waals surface area contributed by atoms with Crippen molar-refractivity contribution in [1.29, 1.82) is 0 Å². The molecule has 1 amide bonds. The van der Waals surface area contributed by atoms with Gasteiger partial charge in [-0.25, -0.2) is 9.97 Å². The molecule has 6 nitrogen and oxygen atoms in total. The van der Waals surface area contributed by atoms with E-state index in [9.17, 15) is 18.0 Å². The van der Waals surface area contributed by atoms with Crippen LogP contribution in [0, 0.1) is 0 Å². The molecular weight excluding hydrogens is 455 g/mol. The van der Waals surface area contributed by atoms with E-state index in [1.165, 1.54) is 25.4 Å². The van der Waals surface area contributed by atoms with Crippen LogP contribution in [0.3, 0.4) is 0 Å². The molecule has 168 valence electrons. The van der Waals surface area contributed by atoms with Crippen molar-refractivity contribution in [2.45, 2.75) is 19.6 Å². The van der Waals surface area contributed by atoms with Crippen LogP contribution >= 0.6 is 11.6 Å². The number of halogens is 4. The summed E-state index contributed by atoms with van der Waals surface area (Å²) in [5.74, 6) is 0.0539. The SMILES string of the molecule is CC(=O)Nc1ncnc(-c2cnn(Cc3ccc(C(F)(F)F)cc3)c2)c1-c1ccc(Cl)cc1. The van der Waals surface area contributed by atoms with Crippen LogP contribution in [0.5, 0.6) is 0 Å². The topological polar surface area (TPSA) is 72.7 Å². The van der Waals surface area contributed by atoms with E-state index in [0.29, 0.717) is 33.2 Å². The molecule has 0 spiro atoms. The average molecular weight is 472 g/mol. The Bertz CT molecular complexity index is 1280. The third kappa shape index (κ3) is 5.20. The second-order valence-electron chi connectivity index (χ2n) is 7.26. The Morgan fingerprint density at radius 1 is 1.03 bits per heavy atom. The molecule has 2 heterocycles. The maximum absolute atomic E-state index is 12.8. The molecule has 0 bridgehead atoms. The number of hydrogen-bond acceptors (Lipinski definition) is 4. The molecule has 2 aromatic carbocycles. The third-order valence-electron chi connectivity index (χ3n) is 4.81. The van der Waals surface area contributed by atoms with Gasteiger partial charge in [0.1, 0.15) is 12.1 Å². The fourth-order valence-corrected chi connectivity index (χ4v) is 3.44. The van der Waals surface area contributed by atoms with Gasteiger partial charge in [-0.1, -0.05) is 35.9 Å². The number of nitrogens with one attached hydrogen (secondary N) is 1. The number of benzene rings is 2. The van der Waals surface area contributed by atoms with E-state index in [1.54, 1.807) is 41.3 Å². The fraction of sp³-hybridized carbons (Fsp3) is 0.130. The molecule has 0 unspecified atom stereocenters. The molecule has 1 N–H and O–H groups in total. The lowest BCUT2D eigenvalue weighted by atomic mass is 10.0. The summed E-state index contributed by atoms with van der Waals surface area (Å²) < 4.78 is 40.0. The van der Waals surface area contributed by atoms with Crippen molar-refractivity contribution in [3.63, 3.8) is 0 Å². The first-order valence-electron chi connectivity index (χ1n) is 9.78. The minimum absolute atomic E-state index is 0.276. The van der Waals surface area contributed by atoms with Crippen LogP contribution in [0.25, 0.3) is 22.4 Å². The number of anilines is 1. The summed E-state index contributed by atoms with van der Waals surface area (Å²) in [7, 11) is 0. The Morgan fingerprint density at radius 3 is 2.36 bits per heavy atom. The third-order valence-corrected chi connectivity index (χ3v) is 5.06. The molecule has 33 heavy (non-hydrogen) atoms. The largest absolute Gasteiger partial charge is 0.416 e. The molecule has 0 aliphatic heterocycles. The monoisotopic (exact) mass is 471 g/mol. The maximum atomic E-state index is 12.8. The molecule has 0 radical (unpaired) electrons. The van der Waals surface area contributed by atoms with Gasteiger partial charge in [-0.15, -0.1) is 0 Å². The van der Waals surface area contributed by atoms with Crippen molar-refractivity contribution in [3.05, 3.63) is 83.4 Å². The summed E-state index contributed by atoms with van der Waals surface area (Å²) in [5, 5.41) is 7.60. The minimum Gasteiger partial charge on any atom is -0.310 e. The fourth-order valence-electron chi connectivity index (χ4n) is 3.31. The average Bonchev–Trinajstić information content (AvgIpc) is 3.22. The van der Waals surface area contributed by atoms with Crippen LogP contribution in [0.1, 0.15) is 18.1 Å². The number of alkyl halides is 3. The number of aromatic nitrogens is 4. The minimum atomic E-state index is -4.38. The number of rotatable bonds is 5. The molecule has 0 fully saturated rings. The zero-order valence-electron chi connectivity index (χ0n) is 17.3. The van der Waals surface area contributed by atoms with Crippen LogP contribution in [-0.2, 0) is 17.5 Å². The zero-order chi connectivity index (χ0) is 23.6. The smallest absolute Gasteiger partial charge is 0.310 e. The Labute approximate surface area is 192 Å². The van der Waals surface area contributed by atoms with Gasteiger partial charge < -0.3 is 5.32 Å². The Hall–Kier alpha value is -3.72.